The molecule has 0 fully saturated rings. The molecule has 0 aliphatic carbocycles. The molecule has 0 aliphatic rings. The lowest BCUT2D eigenvalue weighted by molar-refractivity contribution is -0.386. The van der Waals surface area contributed by atoms with Crippen molar-refractivity contribution >= 4 is 27.6 Å². The smallest absolute Gasteiger partial charge is 0.346 e. The van der Waals surface area contributed by atoms with Crippen LogP contribution in [0.4, 0.5) is 5.69 Å². The highest BCUT2D eigenvalue weighted by Gasteiger charge is 2.27. The van der Waals surface area contributed by atoms with E-state index >= 15 is 0 Å². The topological polar surface area (TPSA) is 98.9 Å². The van der Waals surface area contributed by atoms with Crippen LogP contribution in [0.15, 0.2) is 16.6 Å². The van der Waals surface area contributed by atoms with Gasteiger partial charge in [-0.05, 0) is 19.9 Å². The second-order valence-corrected chi connectivity index (χ2v) is 4.98. The molecule has 1 rings (SSSR count). The predicted octanol–water partition coefficient (Wildman–Crippen LogP) is 2.35. The van der Waals surface area contributed by atoms with E-state index in [-0.39, 0.29) is 17.0 Å². The Balaban J connectivity index is 3.33. The highest BCUT2D eigenvalue weighted by molar-refractivity contribution is 9.10. The van der Waals surface area contributed by atoms with Crippen molar-refractivity contribution in [3.63, 3.8) is 0 Å². The monoisotopic (exact) mass is 347 g/mol. The fourth-order valence-electron chi connectivity index (χ4n) is 1.57. The highest BCUT2D eigenvalue weighted by atomic mass is 79.9. The molecule has 0 amide bonds. The first-order chi connectivity index (χ1) is 9.27. The first-order valence-electron chi connectivity index (χ1n) is 5.68. The average Bonchev–Trinajstić information content (AvgIpc) is 2.38. The van der Waals surface area contributed by atoms with Crippen molar-refractivity contribution in [1.29, 1.82) is 0 Å². The van der Waals surface area contributed by atoms with E-state index in [1.54, 1.807) is 0 Å². The SMILES string of the molecule is COC(=O)C(C)Oc1c(C(C)O)cc(Br)cc1[N+](=O)[O-]. The number of esters is 1. The first kappa shape index (κ1) is 16.4. The molecular weight excluding hydrogens is 334 g/mol. The number of carbonyl (C=O) groups excluding carboxylic acids is 1. The van der Waals surface area contributed by atoms with Gasteiger partial charge in [0.1, 0.15) is 0 Å². The fourth-order valence-corrected chi connectivity index (χ4v) is 2.03. The van der Waals surface area contributed by atoms with E-state index in [0.717, 1.165) is 0 Å². The molecule has 1 aromatic carbocycles. The maximum Gasteiger partial charge on any atom is 0.346 e. The maximum absolute atomic E-state index is 11.4. The first-order valence-corrected chi connectivity index (χ1v) is 6.47. The van der Waals surface area contributed by atoms with Gasteiger partial charge in [-0.1, -0.05) is 15.9 Å². The Kier molecular flexibility index (Phi) is 5.46. The molecule has 7 nitrogen and oxygen atoms in total. The number of ether oxygens (including phenoxy) is 2. The molecule has 0 radical (unpaired) electrons. The van der Waals surface area contributed by atoms with Gasteiger partial charge in [-0.25, -0.2) is 4.79 Å². The number of halogens is 1. The van der Waals surface area contributed by atoms with Crippen LogP contribution in [0.5, 0.6) is 5.75 Å². The maximum atomic E-state index is 11.4. The van der Waals surface area contributed by atoms with Gasteiger partial charge in [-0.15, -0.1) is 0 Å². The van der Waals surface area contributed by atoms with Crippen LogP contribution in [0.3, 0.4) is 0 Å². The van der Waals surface area contributed by atoms with E-state index < -0.39 is 23.1 Å². The Bertz CT molecular complexity index is 531. The van der Waals surface area contributed by atoms with Crippen LogP contribution >= 0.6 is 15.9 Å². The third kappa shape index (κ3) is 3.67. The lowest BCUT2D eigenvalue weighted by Gasteiger charge is -2.17. The van der Waals surface area contributed by atoms with Crippen LogP contribution in [0.25, 0.3) is 0 Å². The summed E-state index contributed by atoms with van der Waals surface area (Å²) in [4.78, 5) is 21.8. The molecule has 0 saturated carbocycles. The van der Waals surface area contributed by atoms with Gasteiger partial charge in [0.25, 0.3) is 0 Å². The van der Waals surface area contributed by atoms with Gasteiger partial charge in [0.2, 0.25) is 5.75 Å². The summed E-state index contributed by atoms with van der Waals surface area (Å²) in [6.45, 7) is 2.85. The summed E-state index contributed by atoms with van der Waals surface area (Å²) in [5, 5.41) is 20.8. The molecule has 1 aromatic rings. The zero-order chi connectivity index (χ0) is 15.4. The third-order valence-electron chi connectivity index (χ3n) is 2.54. The number of aliphatic hydroxyl groups excluding tert-OH is 1. The molecule has 8 heteroatoms. The standard InChI is InChI=1S/C12H14BrNO6/c1-6(15)9-4-8(13)5-10(14(17)18)11(9)20-7(2)12(16)19-3/h4-7,15H,1-3H3. The van der Waals surface area contributed by atoms with Gasteiger partial charge in [0, 0.05) is 16.1 Å². The van der Waals surface area contributed by atoms with E-state index in [2.05, 4.69) is 20.7 Å². The minimum Gasteiger partial charge on any atom is -0.472 e. The van der Waals surface area contributed by atoms with Crippen molar-refractivity contribution in [2.24, 2.45) is 0 Å². The summed E-state index contributed by atoms with van der Waals surface area (Å²) in [6, 6.07) is 2.74. The normalized spacial score (nSPS) is 13.4. The summed E-state index contributed by atoms with van der Waals surface area (Å²) < 4.78 is 10.2. The second kappa shape index (κ2) is 6.67. The lowest BCUT2D eigenvalue weighted by atomic mass is 10.1. The lowest BCUT2D eigenvalue weighted by Crippen LogP contribution is -2.26. The molecule has 0 saturated heterocycles. The van der Waals surface area contributed by atoms with Gasteiger partial charge >= 0.3 is 11.7 Å². The van der Waals surface area contributed by atoms with Crippen LogP contribution in [-0.2, 0) is 9.53 Å². The van der Waals surface area contributed by atoms with E-state index in [1.807, 2.05) is 0 Å². The number of hydrogen-bond donors (Lipinski definition) is 1. The van der Waals surface area contributed by atoms with E-state index in [9.17, 15) is 20.0 Å². The minimum absolute atomic E-state index is 0.147. The molecule has 0 aromatic heterocycles. The number of methoxy groups -OCH3 is 1. The van der Waals surface area contributed by atoms with E-state index in [4.69, 9.17) is 4.74 Å². The third-order valence-corrected chi connectivity index (χ3v) is 3.00. The zero-order valence-electron chi connectivity index (χ0n) is 11.1. The summed E-state index contributed by atoms with van der Waals surface area (Å²) in [6.07, 6.45) is -2.02. The summed E-state index contributed by atoms with van der Waals surface area (Å²) in [5.41, 5.74) is -0.132. The molecule has 0 bridgehead atoms. The Hall–Kier alpha value is -1.67. The van der Waals surface area contributed by atoms with Crippen LogP contribution in [-0.4, -0.2) is 29.2 Å². The van der Waals surface area contributed by atoms with Crippen molar-refractivity contribution in [2.75, 3.05) is 7.11 Å². The number of nitro groups is 1. The molecule has 0 spiro atoms. The average molecular weight is 348 g/mol. The molecule has 20 heavy (non-hydrogen) atoms. The van der Waals surface area contributed by atoms with Crippen molar-refractivity contribution in [3.8, 4) is 5.75 Å². The van der Waals surface area contributed by atoms with Gasteiger partial charge in [0.05, 0.1) is 18.1 Å². The number of nitrogens with zero attached hydrogens (tertiary/aromatic N) is 1. The predicted molar refractivity (Wildman–Crippen MR) is 73.5 cm³/mol. The number of carbonyl (C=O) groups is 1. The number of aliphatic hydroxyl groups is 1. The number of benzene rings is 1. The zero-order valence-corrected chi connectivity index (χ0v) is 12.7. The molecule has 1 N–H and O–H groups in total. The number of nitro benzene ring substituents is 1. The van der Waals surface area contributed by atoms with Crippen LogP contribution in [0, 0.1) is 10.1 Å². The quantitative estimate of drug-likeness (QED) is 0.498. The molecule has 110 valence electrons. The molecule has 0 heterocycles. The van der Waals surface area contributed by atoms with Crippen LogP contribution in [0.2, 0.25) is 0 Å². The largest absolute Gasteiger partial charge is 0.472 e. The molecule has 0 aliphatic heterocycles. The summed E-state index contributed by atoms with van der Waals surface area (Å²) in [7, 11) is 1.19. The minimum atomic E-state index is -1.03. The molecule has 2 unspecified atom stereocenters. The summed E-state index contributed by atoms with van der Waals surface area (Å²) in [5.74, 6) is -0.815. The van der Waals surface area contributed by atoms with Crippen molar-refractivity contribution in [3.05, 3.63) is 32.3 Å². The number of hydrogen-bond acceptors (Lipinski definition) is 6. The fraction of sp³-hybridized carbons (Fsp3) is 0.417. The van der Waals surface area contributed by atoms with Gasteiger partial charge < -0.3 is 14.6 Å². The summed E-state index contributed by atoms with van der Waals surface area (Å²) >= 11 is 3.13. The van der Waals surface area contributed by atoms with Crippen molar-refractivity contribution < 1.29 is 24.3 Å². The Morgan fingerprint density at radius 2 is 2.05 bits per heavy atom. The van der Waals surface area contributed by atoms with E-state index in [1.165, 1.54) is 33.1 Å². The van der Waals surface area contributed by atoms with Gasteiger partial charge in [-0.3, -0.25) is 10.1 Å². The van der Waals surface area contributed by atoms with Crippen molar-refractivity contribution in [2.45, 2.75) is 26.1 Å². The Labute approximate surface area is 123 Å². The highest BCUT2D eigenvalue weighted by Crippen LogP contribution is 2.38. The molecule has 2 atom stereocenters. The Morgan fingerprint density at radius 3 is 2.50 bits per heavy atom. The van der Waals surface area contributed by atoms with Crippen LogP contribution < -0.4 is 4.74 Å². The van der Waals surface area contributed by atoms with Crippen LogP contribution in [0.1, 0.15) is 25.5 Å². The van der Waals surface area contributed by atoms with Gasteiger partial charge in [-0.2, -0.15) is 0 Å². The Morgan fingerprint density at radius 1 is 1.45 bits per heavy atom. The van der Waals surface area contributed by atoms with Crippen molar-refractivity contribution in [1.82, 2.24) is 0 Å². The second-order valence-electron chi connectivity index (χ2n) is 4.06. The van der Waals surface area contributed by atoms with Gasteiger partial charge in [0.15, 0.2) is 6.10 Å². The molecular formula is C12H14BrNO6. The van der Waals surface area contributed by atoms with E-state index in [0.29, 0.717) is 4.47 Å². The number of rotatable bonds is 5.